The average molecular weight is 382 g/mol. The Kier molecular flexibility index (Phi) is 6.39. The van der Waals surface area contributed by atoms with Gasteiger partial charge in [-0.25, -0.2) is 0 Å². The normalized spacial score (nSPS) is 10.4. The Morgan fingerprint density at radius 3 is 2.56 bits per heavy atom. The fraction of sp³-hybridized carbons (Fsp3) is 0.190. The van der Waals surface area contributed by atoms with Gasteiger partial charge in [0.25, 0.3) is 5.91 Å². The van der Waals surface area contributed by atoms with Crippen molar-refractivity contribution in [2.45, 2.75) is 12.8 Å². The molecule has 6 heteroatoms. The number of amides is 1. The molecule has 0 radical (unpaired) electrons. The third kappa shape index (κ3) is 5.05. The largest absolute Gasteiger partial charge is 0.480 e. The monoisotopic (exact) mass is 381 g/mol. The summed E-state index contributed by atoms with van der Waals surface area (Å²) in [7, 11) is 1.54. The minimum Gasteiger partial charge on any atom is -0.480 e. The van der Waals surface area contributed by atoms with E-state index in [0.717, 1.165) is 18.4 Å². The van der Waals surface area contributed by atoms with Crippen LogP contribution in [0.5, 0.6) is 5.88 Å². The van der Waals surface area contributed by atoms with Crippen LogP contribution in [0.2, 0.25) is 5.02 Å². The highest BCUT2D eigenvalue weighted by Crippen LogP contribution is 2.24. The molecule has 1 heterocycles. The Morgan fingerprint density at radius 2 is 1.89 bits per heavy atom. The van der Waals surface area contributed by atoms with E-state index in [1.165, 1.54) is 12.7 Å². The molecule has 5 nitrogen and oxygen atoms in total. The zero-order valence-corrected chi connectivity index (χ0v) is 15.7. The molecule has 3 aromatic rings. The molecule has 0 bridgehead atoms. The van der Waals surface area contributed by atoms with E-state index in [1.807, 2.05) is 18.2 Å². The lowest BCUT2D eigenvalue weighted by Gasteiger charge is -2.09. The summed E-state index contributed by atoms with van der Waals surface area (Å²) in [5.74, 6) is 0.261. The molecule has 0 saturated heterocycles. The van der Waals surface area contributed by atoms with Gasteiger partial charge in [0.15, 0.2) is 0 Å². The number of carbonyl (C=O) groups excluding carboxylic acids is 1. The minimum absolute atomic E-state index is 0.180. The van der Waals surface area contributed by atoms with Gasteiger partial charge in [0, 0.05) is 18.2 Å². The number of nitrogens with zero attached hydrogens (tertiary/aromatic N) is 2. The molecule has 27 heavy (non-hydrogen) atoms. The maximum atomic E-state index is 12.4. The standard InChI is InChI=1S/C21H20ClN3O2/c1-27-20-12-11-19(24-25-20)16-9-10-17(18(22)14-16)21(26)23-13-5-8-15-6-3-2-4-7-15/h2-4,6-7,9-12,14H,5,8,13H2,1H3,(H,23,26). The average Bonchev–Trinajstić information content (AvgIpc) is 2.72. The van der Waals surface area contributed by atoms with Gasteiger partial charge in [0.05, 0.1) is 23.4 Å². The molecule has 0 atom stereocenters. The zero-order chi connectivity index (χ0) is 19.1. The van der Waals surface area contributed by atoms with Crippen LogP contribution >= 0.6 is 11.6 Å². The number of aromatic nitrogens is 2. The van der Waals surface area contributed by atoms with Gasteiger partial charge in [0.2, 0.25) is 5.88 Å². The number of methoxy groups -OCH3 is 1. The summed E-state index contributed by atoms with van der Waals surface area (Å²) >= 11 is 6.31. The number of ether oxygens (including phenoxy) is 1. The van der Waals surface area contributed by atoms with Crippen molar-refractivity contribution in [3.8, 4) is 17.1 Å². The molecule has 1 N–H and O–H groups in total. The van der Waals surface area contributed by atoms with Crippen LogP contribution in [0.25, 0.3) is 11.3 Å². The first-order valence-electron chi connectivity index (χ1n) is 8.67. The van der Waals surface area contributed by atoms with Gasteiger partial charge in [-0.3, -0.25) is 4.79 Å². The first kappa shape index (κ1) is 18.9. The lowest BCUT2D eigenvalue weighted by molar-refractivity contribution is 0.0953. The molecule has 1 aromatic heterocycles. The van der Waals surface area contributed by atoms with Gasteiger partial charge in [-0.15, -0.1) is 10.2 Å². The molecule has 0 aliphatic heterocycles. The third-order valence-corrected chi connectivity index (χ3v) is 4.44. The predicted molar refractivity (Wildman–Crippen MR) is 106 cm³/mol. The molecule has 0 aliphatic carbocycles. The van der Waals surface area contributed by atoms with Crippen molar-refractivity contribution in [2.24, 2.45) is 0 Å². The first-order valence-corrected chi connectivity index (χ1v) is 9.05. The fourth-order valence-corrected chi connectivity index (χ4v) is 2.94. The van der Waals surface area contributed by atoms with Crippen molar-refractivity contribution >= 4 is 17.5 Å². The Hall–Kier alpha value is -2.92. The lowest BCUT2D eigenvalue weighted by atomic mass is 10.1. The fourth-order valence-electron chi connectivity index (χ4n) is 2.68. The summed E-state index contributed by atoms with van der Waals surface area (Å²) in [5.41, 5.74) is 3.15. The summed E-state index contributed by atoms with van der Waals surface area (Å²) < 4.78 is 5.00. The van der Waals surface area contributed by atoms with Gasteiger partial charge in [-0.05, 0) is 36.6 Å². The molecule has 0 saturated carbocycles. The van der Waals surface area contributed by atoms with E-state index in [9.17, 15) is 4.79 Å². The van der Waals surface area contributed by atoms with Crippen LogP contribution in [0.15, 0.2) is 60.7 Å². The minimum atomic E-state index is -0.180. The SMILES string of the molecule is COc1ccc(-c2ccc(C(=O)NCCCc3ccccc3)c(Cl)c2)nn1. The molecule has 0 aliphatic rings. The van der Waals surface area contributed by atoms with Crippen molar-refractivity contribution in [3.05, 3.63) is 76.8 Å². The number of rotatable bonds is 7. The molecule has 0 unspecified atom stereocenters. The molecule has 0 fully saturated rings. The molecule has 138 valence electrons. The number of halogens is 1. The third-order valence-electron chi connectivity index (χ3n) is 4.13. The highest BCUT2D eigenvalue weighted by atomic mass is 35.5. The topological polar surface area (TPSA) is 64.1 Å². The number of aryl methyl sites for hydroxylation is 1. The van der Waals surface area contributed by atoms with Crippen molar-refractivity contribution < 1.29 is 9.53 Å². The maximum absolute atomic E-state index is 12.4. The number of hydrogen-bond acceptors (Lipinski definition) is 4. The van der Waals surface area contributed by atoms with E-state index in [-0.39, 0.29) is 5.91 Å². The first-order chi connectivity index (χ1) is 13.2. The predicted octanol–water partition coefficient (Wildman–Crippen LogP) is 4.17. The number of hydrogen-bond donors (Lipinski definition) is 1. The van der Waals surface area contributed by atoms with Crippen LogP contribution in [0.4, 0.5) is 0 Å². The number of benzene rings is 2. The van der Waals surface area contributed by atoms with E-state index < -0.39 is 0 Å². The Labute approximate surface area is 163 Å². The molecular formula is C21H20ClN3O2. The zero-order valence-electron chi connectivity index (χ0n) is 15.0. The Morgan fingerprint density at radius 1 is 1.07 bits per heavy atom. The van der Waals surface area contributed by atoms with Gasteiger partial charge in [-0.1, -0.05) is 48.0 Å². The van der Waals surface area contributed by atoms with E-state index in [4.69, 9.17) is 16.3 Å². The lowest BCUT2D eigenvalue weighted by Crippen LogP contribution is -2.25. The molecule has 3 rings (SSSR count). The van der Waals surface area contributed by atoms with E-state index in [2.05, 4.69) is 27.6 Å². The highest BCUT2D eigenvalue weighted by Gasteiger charge is 2.12. The molecule has 2 aromatic carbocycles. The van der Waals surface area contributed by atoms with Crippen LogP contribution in [0.3, 0.4) is 0 Å². The molecule has 1 amide bonds. The van der Waals surface area contributed by atoms with E-state index >= 15 is 0 Å². The highest BCUT2D eigenvalue weighted by molar-refractivity contribution is 6.34. The Bertz CT molecular complexity index is 899. The van der Waals surface area contributed by atoms with Crippen molar-refractivity contribution in [2.75, 3.05) is 13.7 Å². The van der Waals surface area contributed by atoms with Crippen LogP contribution in [0.1, 0.15) is 22.3 Å². The van der Waals surface area contributed by atoms with Crippen LogP contribution in [-0.2, 0) is 6.42 Å². The van der Waals surface area contributed by atoms with E-state index in [0.29, 0.717) is 28.7 Å². The summed E-state index contributed by atoms with van der Waals surface area (Å²) in [4.78, 5) is 12.4. The molecule has 0 spiro atoms. The quantitative estimate of drug-likeness (QED) is 0.624. The Balaban J connectivity index is 1.58. The summed E-state index contributed by atoms with van der Waals surface area (Å²) in [5, 5.41) is 11.3. The maximum Gasteiger partial charge on any atom is 0.252 e. The second-order valence-corrected chi connectivity index (χ2v) is 6.41. The summed E-state index contributed by atoms with van der Waals surface area (Å²) in [6, 6.07) is 18.9. The van der Waals surface area contributed by atoms with Crippen LogP contribution in [-0.4, -0.2) is 29.8 Å². The summed E-state index contributed by atoms with van der Waals surface area (Å²) in [6.45, 7) is 0.593. The van der Waals surface area contributed by atoms with Crippen LogP contribution in [0, 0.1) is 0 Å². The van der Waals surface area contributed by atoms with Crippen LogP contribution < -0.4 is 10.1 Å². The molecular weight excluding hydrogens is 362 g/mol. The van der Waals surface area contributed by atoms with Crippen molar-refractivity contribution in [1.29, 1.82) is 0 Å². The van der Waals surface area contributed by atoms with Gasteiger partial charge in [0.1, 0.15) is 0 Å². The number of carbonyl (C=O) groups is 1. The second kappa shape index (κ2) is 9.14. The van der Waals surface area contributed by atoms with Gasteiger partial charge < -0.3 is 10.1 Å². The summed E-state index contributed by atoms with van der Waals surface area (Å²) in [6.07, 6.45) is 1.79. The van der Waals surface area contributed by atoms with Gasteiger partial charge in [-0.2, -0.15) is 0 Å². The van der Waals surface area contributed by atoms with Crippen molar-refractivity contribution in [3.63, 3.8) is 0 Å². The van der Waals surface area contributed by atoms with Crippen molar-refractivity contribution in [1.82, 2.24) is 15.5 Å². The second-order valence-electron chi connectivity index (χ2n) is 6.00. The number of nitrogens with one attached hydrogen (secondary N) is 1. The van der Waals surface area contributed by atoms with E-state index in [1.54, 1.807) is 30.3 Å². The smallest absolute Gasteiger partial charge is 0.252 e. The van der Waals surface area contributed by atoms with Gasteiger partial charge >= 0.3 is 0 Å².